The van der Waals surface area contributed by atoms with Crippen molar-refractivity contribution in [3.8, 4) is 0 Å². The van der Waals surface area contributed by atoms with Crippen LogP contribution in [-0.4, -0.2) is 25.8 Å². The molecule has 0 saturated heterocycles. The molecule has 0 aromatic carbocycles. The molecule has 6 nitrogen and oxygen atoms in total. The van der Waals surface area contributed by atoms with E-state index in [2.05, 4.69) is 15.4 Å². The number of rotatable bonds is 5. The molecule has 0 aliphatic rings. The van der Waals surface area contributed by atoms with E-state index in [1.54, 1.807) is 17.1 Å². The number of aromatic carboxylic acids is 1. The third-order valence-electron chi connectivity index (χ3n) is 2.48. The number of aromatic nitrogens is 3. The number of carboxylic acid groups (broad SMARTS) is 1. The van der Waals surface area contributed by atoms with Crippen molar-refractivity contribution in [1.29, 1.82) is 0 Å². The van der Waals surface area contributed by atoms with Crippen LogP contribution < -0.4 is 5.32 Å². The Bertz CT molecular complexity index is 561. The topological polar surface area (TPSA) is 80.0 Å². The largest absolute Gasteiger partial charge is 0.477 e. The van der Waals surface area contributed by atoms with Crippen LogP contribution >= 0.6 is 11.3 Å². The first-order valence-corrected chi connectivity index (χ1v) is 6.25. The highest BCUT2D eigenvalue weighted by atomic mass is 32.1. The van der Waals surface area contributed by atoms with Crippen LogP contribution in [0, 0.1) is 6.92 Å². The smallest absolute Gasteiger partial charge is 0.345 e. The summed E-state index contributed by atoms with van der Waals surface area (Å²) in [4.78, 5) is 16.3. The minimum Gasteiger partial charge on any atom is -0.477 e. The van der Waals surface area contributed by atoms with E-state index in [0.29, 0.717) is 18.0 Å². The summed E-state index contributed by atoms with van der Waals surface area (Å²) in [5.74, 6) is -0.149. The van der Waals surface area contributed by atoms with Crippen LogP contribution in [0.5, 0.6) is 0 Å². The monoisotopic (exact) mass is 266 g/mol. The van der Waals surface area contributed by atoms with Gasteiger partial charge in [0.15, 0.2) is 5.82 Å². The standard InChI is InChI=1S/C11H14N4O2S/c1-7-8(3-9(18-7)11(16)17)4-12-5-10-13-6-15(2)14-10/h3,6,12H,4-5H2,1-2H3,(H,16,17). The van der Waals surface area contributed by atoms with Gasteiger partial charge in [0.25, 0.3) is 0 Å². The summed E-state index contributed by atoms with van der Waals surface area (Å²) >= 11 is 1.30. The normalized spacial score (nSPS) is 10.8. The summed E-state index contributed by atoms with van der Waals surface area (Å²) in [5, 5.41) is 16.2. The van der Waals surface area contributed by atoms with Gasteiger partial charge in [-0.2, -0.15) is 5.10 Å². The summed E-state index contributed by atoms with van der Waals surface area (Å²) in [6.45, 7) is 3.11. The van der Waals surface area contributed by atoms with Crippen LogP contribution in [0.3, 0.4) is 0 Å². The fourth-order valence-electron chi connectivity index (χ4n) is 1.57. The Balaban J connectivity index is 1.92. The zero-order valence-corrected chi connectivity index (χ0v) is 11.0. The molecule has 2 heterocycles. The molecule has 0 unspecified atom stereocenters. The summed E-state index contributed by atoms with van der Waals surface area (Å²) in [5.41, 5.74) is 1.01. The van der Waals surface area contributed by atoms with Gasteiger partial charge >= 0.3 is 5.97 Å². The van der Waals surface area contributed by atoms with Gasteiger partial charge in [-0.3, -0.25) is 4.68 Å². The van der Waals surface area contributed by atoms with E-state index in [1.165, 1.54) is 11.3 Å². The van der Waals surface area contributed by atoms with E-state index in [-0.39, 0.29) is 0 Å². The molecule has 2 aromatic heterocycles. The van der Waals surface area contributed by atoms with E-state index in [1.807, 2.05) is 14.0 Å². The Morgan fingerprint density at radius 1 is 1.56 bits per heavy atom. The number of hydrogen-bond donors (Lipinski definition) is 2. The van der Waals surface area contributed by atoms with Crippen molar-refractivity contribution >= 4 is 17.3 Å². The molecule has 96 valence electrons. The molecule has 0 saturated carbocycles. The average molecular weight is 266 g/mol. The van der Waals surface area contributed by atoms with E-state index in [0.717, 1.165) is 16.3 Å². The van der Waals surface area contributed by atoms with Crippen molar-refractivity contribution in [3.05, 3.63) is 33.5 Å². The quantitative estimate of drug-likeness (QED) is 0.849. The van der Waals surface area contributed by atoms with Crippen LogP contribution in [0.4, 0.5) is 0 Å². The van der Waals surface area contributed by atoms with Gasteiger partial charge in [-0.25, -0.2) is 9.78 Å². The molecule has 0 amide bonds. The fraction of sp³-hybridized carbons (Fsp3) is 0.364. The van der Waals surface area contributed by atoms with Crippen LogP contribution in [0.25, 0.3) is 0 Å². The minimum atomic E-state index is -0.874. The maximum absolute atomic E-state index is 10.8. The maximum atomic E-state index is 10.8. The predicted molar refractivity (Wildman–Crippen MR) is 67.6 cm³/mol. The third kappa shape index (κ3) is 2.93. The summed E-state index contributed by atoms with van der Waals surface area (Å²) < 4.78 is 1.65. The molecule has 0 bridgehead atoms. The number of carbonyl (C=O) groups is 1. The molecule has 0 radical (unpaired) electrons. The minimum absolute atomic E-state index is 0.375. The molecule has 0 aliphatic carbocycles. The molecule has 2 N–H and O–H groups in total. The third-order valence-corrected chi connectivity index (χ3v) is 3.56. The SMILES string of the molecule is Cc1sc(C(=O)O)cc1CNCc1ncn(C)n1. The van der Waals surface area contributed by atoms with Crippen molar-refractivity contribution in [2.24, 2.45) is 7.05 Å². The Labute approximate surface area is 108 Å². The van der Waals surface area contributed by atoms with Crippen LogP contribution in [-0.2, 0) is 20.1 Å². The zero-order valence-electron chi connectivity index (χ0n) is 10.2. The van der Waals surface area contributed by atoms with Crippen LogP contribution in [0.15, 0.2) is 12.4 Å². The fourth-order valence-corrected chi connectivity index (χ4v) is 2.46. The van der Waals surface area contributed by atoms with Crippen molar-refractivity contribution in [2.75, 3.05) is 0 Å². The molecular formula is C11H14N4O2S. The highest BCUT2D eigenvalue weighted by molar-refractivity contribution is 7.14. The van der Waals surface area contributed by atoms with Gasteiger partial charge in [-0.05, 0) is 18.6 Å². The molecular weight excluding hydrogens is 252 g/mol. The highest BCUT2D eigenvalue weighted by Crippen LogP contribution is 2.21. The number of hydrogen-bond acceptors (Lipinski definition) is 5. The van der Waals surface area contributed by atoms with Gasteiger partial charge in [-0.15, -0.1) is 11.3 Å². The molecule has 0 fully saturated rings. The number of carboxylic acids is 1. The van der Waals surface area contributed by atoms with Crippen molar-refractivity contribution in [2.45, 2.75) is 20.0 Å². The lowest BCUT2D eigenvalue weighted by molar-refractivity contribution is 0.0702. The second kappa shape index (κ2) is 5.28. The van der Waals surface area contributed by atoms with E-state index in [4.69, 9.17) is 5.11 Å². The molecule has 7 heteroatoms. The predicted octanol–water partition coefficient (Wildman–Crippen LogP) is 1.17. The van der Waals surface area contributed by atoms with Crippen LogP contribution in [0.1, 0.15) is 25.9 Å². The van der Waals surface area contributed by atoms with Crippen molar-refractivity contribution < 1.29 is 9.90 Å². The first kappa shape index (κ1) is 12.7. The first-order valence-electron chi connectivity index (χ1n) is 5.44. The van der Waals surface area contributed by atoms with E-state index >= 15 is 0 Å². The maximum Gasteiger partial charge on any atom is 0.345 e. The van der Waals surface area contributed by atoms with E-state index < -0.39 is 5.97 Å². The second-order valence-corrected chi connectivity index (χ2v) is 5.19. The molecule has 0 aliphatic heterocycles. The number of nitrogens with zero attached hydrogens (tertiary/aromatic N) is 3. The number of nitrogens with one attached hydrogen (secondary N) is 1. The second-order valence-electron chi connectivity index (χ2n) is 3.94. The zero-order chi connectivity index (χ0) is 13.1. The Morgan fingerprint density at radius 2 is 2.33 bits per heavy atom. The summed E-state index contributed by atoms with van der Waals surface area (Å²) in [7, 11) is 1.82. The molecule has 0 spiro atoms. The van der Waals surface area contributed by atoms with Gasteiger partial charge in [0.2, 0.25) is 0 Å². The van der Waals surface area contributed by atoms with Crippen molar-refractivity contribution in [3.63, 3.8) is 0 Å². The Morgan fingerprint density at radius 3 is 2.89 bits per heavy atom. The summed E-state index contributed by atoms with van der Waals surface area (Å²) in [6, 6.07) is 1.71. The molecule has 2 rings (SSSR count). The lowest BCUT2D eigenvalue weighted by Gasteiger charge is -2.00. The molecule has 0 atom stereocenters. The number of thiophene rings is 1. The van der Waals surface area contributed by atoms with Gasteiger partial charge in [-0.1, -0.05) is 0 Å². The average Bonchev–Trinajstić information content (AvgIpc) is 2.87. The lowest BCUT2D eigenvalue weighted by Crippen LogP contribution is -2.14. The van der Waals surface area contributed by atoms with Crippen molar-refractivity contribution in [1.82, 2.24) is 20.1 Å². The lowest BCUT2D eigenvalue weighted by atomic mass is 10.2. The van der Waals surface area contributed by atoms with Gasteiger partial charge in [0.1, 0.15) is 11.2 Å². The van der Waals surface area contributed by atoms with Gasteiger partial charge < -0.3 is 10.4 Å². The first-order chi connectivity index (χ1) is 8.56. The highest BCUT2D eigenvalue weighted by Gasteiger charge is 2.10. The Hall–Kier alpha value is -1.73. The van der Waals surface area contributed by atoms with Gasteiger partial charge in [0, 0.05) is 18.5 Å². The molecule has 18 heavy (non-hydrogen) atoms. The Kier molecular flexibility index (Phi) is 3.73. The van der Waals surface area contributed by atoms with E-state index in [9.17, 15) is 4.79 Å². The van der Waals surface area contributed by atoms with Crippen LogP contribution in [0.2, 0.25) is 0 Å². The molecule has 2 aromatic rings. The summed E-state index contributed by atoms with van der Waals surface area (Å²) in [6.07, 6.45) is 1.65. The van der Waals surface area contributed by atoms with Gasteiger partial charge in [0.05, 0.1) is 6.54 Å². The number of aryl methyl sites for hydroxylation is 2.